The van der Waals surface area contributed by atoms with Gasteiger partial charge in [0.25, 0.3) is 5.56 Å². The van der Waals surface area contributed by atoms with Crippen molar-refractivity contribution in [1.29, 1.82) is 0 Å². The SMILES string of the molecule is C[C@H](N)c1nc2ccccc2c(=O)[nH]1.N. The van der Waals surface area contributed by atoms with Crippen LogP contribution in [0.1, 0.15) is 18.8 Å². The second-order valence-corrected chi connectivity index (χ2v) is 3.26. The normalized spacial score (nSPS) is 12.1. The summed E-state index contributed by atoms with van der Waals surface area (Å²) in [7, 11) is 0. The zero-order valence-corrected chi connectivity index (χ0v) is 8.53. The molecule has 0 spiro atoms. The Bertz CT molecular complexity index is 518. The Morgan fingerprint density at radius 3 is 2.73 bits per heavy atom. The van der Waals surface area contributed by atoms with Crippen LogP contribution in [0.2, 0.25) is 0 Å². The molecule has 0 bridgehead atoms. The predicted molar refractivity (Wildman–Crippen MR) is 60.0 cm³/mol. The molecule has 1 heterocycles. The second kappa shape index (κ2) is 4.20. The number of nitrogens with two attached hydrogens (primary N) is 1. The third-order valence-electron chi connectivity index (χ3n) is 2.06. The zero-order chi connectivity index (χ0) is 10.1. The number of para-hydroxylation sites is 1. The smallest absolute Gasteiger partial charge is 0.258 e. The van der Waals surface area contributed by atoms with Gasteiger partial charge in [0.05, 0.1) is 16.9 Å². The topological polar surface area (TPSA) is 107 Å². The van der Waals surface area contributed by atoms with E-state index in [1.54, 1.807) is 19.1 Å². The van der Waals surface area contributed by atoms with E-state index in [4.69, 9.17) is 5.73 Å². The lowest BCUT2D eigenvalue weighted by Crippen LogP contribution is -2.17. The number of benzene rings is 1. The first-order valence-electron chi connectivity index (χ1n) is 4.43. The molecule has 0 aliphatic carbocycles. The van der Waals surface area contributed by atoms with E-state index in [1.807, 2.05) is 12.1 Å². The summed E-state index contributed by atoms with van der Waals surface area (Å²) in [5.74, 6) is 0.522. The Morgan fingerprint density at radius 1 is 1.40 bits per heavy atom. The minimum absolute atomic E-state index is 0. The largest absolute Gasteiger partial charge is 0.344 e. The first-order valence-corrected chi connectivity index (χ1v) is 4.43. The van der Waals surface area contributed by atoms with Crippen LogP contribution in [-0.4, -0.2) is 9.97 Å². The van der Waals surface area contributed by atoms with Crippen LogP contribution in [-0.2, 0) is 0 Å². The van der Waals surface area contributed by atoms with E-state index in [2.05, 4.69) is 9.97 Å². The molecule has 1 aromatic heterocycles. The summed E-state index contributed by atoms with van der Waals surface area (Å²) in [6.07, 6.45) is 0. The number of hydrogen-bond acceptors (Lipinski definition) is 4. The van der Waals surface area contributed by atoms with E-state index in [1.165, 1.54) is 0 Å². The molecule has 0 fully saturated rings. The van der Waals surface area contributed by atoms with Gasteiger partial charge in [-0.25, -0.2) is 4.98 Å². The van der Waals surface area contributed by atoms with Crippen LogP contribution in [0.25, 0.3) is 10.9 Å². The Kier molecular flexibility index (Phi) is 3.18. The molecule has 2 aromatic rings. The molecule has 5 heteroatoms. The Labute approximate surface area is 86.9 Å². The molecule has 2 rings (SSSR count). The van der Waals surface area contributed by atoms with Crippen LogP contribution in [0.15, 0.2) is 29.1 Å². The van der Waals surface area contributed by atoms with Crippen molar-refractivity contribution < 1.29 is 0 Å². The standard InChI is InChI=1S/C10H11N3O.H3N/c1-6(11)9-12-8-5-3-2-4-7(8)10(14)13-9;/h2-6H,11H2,1H3,(H,12,13,14);1H3/t6-;/m0./s1. The third kappa shape index (κ3) is 2.03. The monoisotopic (exact) mass is 206 g/mol. The number of fused-ring (bicyclic) bond motifs is 1. The molecule has 15 heavy (non-hydrogen) atoms. The summed E-state index contributed by atoms with van der Waals surface area (Å²) >= 11 is 0. The first kappa shape index (κ1) is 11.4. The van der Waals surface area contributed by atoms with Gasteiger partial charge in [-0.15, -0.1) is 0 Å². The summed E-state index contributed by atoms with van der Waals surface area (Å²) in [6.45, 7) is 1.78. The van der Waals surface area contributed by atoms with Crippen molar-refractivity contribution in [2.75, 3.05) is 0 Å². The molecule has 80 valence electrons. The van der Waals surface area contributed by atoms with E-state index in [9.17, 15) is 4.79 Å². The van der Waals surface area contributed by atoms with Crippen LogP contribution in [0.4, 0.5) is 0 Å². The third-order valence-corrected chi connectivity index (χ3v) is 2.06. The number of nitrogens with zero attached hydrogens (tertiary/aromatic N) is 1. The van der Waals surface area contributed by atoms with Gasteiger partial charge in [-0.1, -0.05) is 12.1 Å². The maximum absolute atomic E-state index is 11.6. The number of H-pyrrole nitrogens is 1. The van der Waals surface area contributed by atoms with Gasteiger partial charge in [-0.3, -0.25) is 4.79 Å². The molecule has 1 aromatic carbocycles. The van der Waals surface area contributed by atoms with E-state index in [0.717, 1.165) is 0 Å². The van der Waals surface area contributed by atoms with Crippen molar-refractivity contribution in [2.24, 2.45) is 5.73 Å². The van der Waals surface area contributed by atoms with Gasteiger partial charge in [0.1, 0.15) is 5.82 Å². The molecular formula is C10H14N4O. The fraction of sp³-hybridized carbons (Fsp3) is 0.200. The van der Waals surface area contributed by atoms with Crippen molar-refractivity contribution in [3.05, 3.63) is 40.4 Å². The van der Waals surface area contributed by atoms with Crippen LogP contribution >= 0.6 is 0 Å². The van der Waals surface area contributed by atoms with Crippen molar-refractivity contribution in [2.45, 2.75) is 13.0 Å². The van der Waals surface area contributed by atoms with Crippen LogP contribution in [0.3, 0.4) is 0 Å². The predicted octanol–water partition coefficient (Wildman–Crippen LogP) is 1.10. The number of hydrogen-bond donors (Lipinski definition) is 3. The van der Waals surface area contributed by atoms with Gasteiger partial charge in [-0.2, -0.15) is 0 Å². The highest BCUT2D eigenvalue weighted by molar-refractivity contribution is 5.77. The van der Waals surface area contributed by atoms with Crippen molar-refractivity contribution in [1.82, 2.24) is 16.1 Å². The Balaban J connectivity index is 0.00000112. The maximum Gasteiger partial charge on any atom is 0.258 e. The second-order valence-electron chi connectivity index (χ2n) is 3.26. The fourth-order valence-corrected chi connectivity index (χ4v) is 1.32. The van der Waals surface area contributed by atoms with Crippen molar-refractivity contribution in [3.63, 3.8) is 0 Å². The highest BCUT2D eigenvalue weighted by Gasteiger charge is 2.05. The molecule has 0 saturated carbocycles. The van der Waals surface area contributed by atoms with E-state index >= 15 is 0 Å². The molecule has 0 aliphatic heterocycles. The zero-order valence-electron chi connectivity index (χ0n) is 8.53. The Morgan fingerprint density at radius 2 is 2.07 bits per heavy atom. The summed E-state index contributed by atoms with van der Waals surface area (Å²) in [5.41, 5.74) is 6.19. The summed E-state index contributed by atoms with van der Waals surface area (Å²) in [6, 6.07) is 6.94. The van der Waals surface area contributed by atoms with Crippen molar-refractivity contribution in [3.8, 4) is 0 Å². The molecular weight excluding hydrogens is 192 g/mol. The minimum atomic E-state index is -0.257. The van der Waals surface area contributed by atoms with E-state index in [0.29, 0.717) is 16.7 Å². The number of aromatic nitrogens is 2. The van der Waals surface area contributed by atoms with Gasteiger partial charge < -0.3 is 16.9 Å². The Hall–Kier alpha value is -1.72. The van der Waals surface area contributed by atoms with E-state index in [-0.39, 0.29) is 17.8 Å². The molecule has 5 nitrogen and oxygen atoms in total. The quantitative estimate of drug-likeness (QED) is 0.649. The van der Waals surface area contributed by atoms with Gasteiger partial charge in [0, 0.05) is 0 Å². The lowest BCUT2D eigenvalue weighted by atomic mass is 10.2. The van der Waals surface area contributed by atoms with Gasteiger partial charge in [-0.05, 0) is 19.1 Å². The van der Waals surface area contributed by atoms with E-state index < -0.39 is 0 Å². The number of rotatable bonds is 1. The van der Waals surface area contributed by atoms with Crippen molar-refractivity contribution >= 4 is 10.9 Å². The van der Waals surface area contributed by atoms with Crippen LogP contribution < -0.4 is 17.4 Å². The lowest BCUT2D eigenvalue weighted by molar-refractivity contribution is 0.741. The molecule has 0 amide bonds. The average Bonchev–Trinajstić information content (AvgIpc) is 2.17. The molecule has 1 atom stereocenters. The van der Waals surface area contributed by atoms with Crippen LogP contribution in [0.5, 0.6) is 0 Å². The highest BCUT2D eigenvalue weighted by atomic mass is 16.1. The summed E-state index contributed by atoms with van der Waals surface area (Å²) < 4.78 is 0. The molecule has 0 radical (unpaired) electrons. The average molecular weight is 206 g/mol. The number of nitrogens with one attached hydrogen (secondary N) is 1. The van der Waals surface area contributed by atoms with Crippen LogP contribution in [0, 0.1) is 0 Å². The van der Waals surface area contributed by atoms with Gasteiger partial charge in [0.2, 0.25) is 0 Å². The molecule has 0 aliphatic rings. The molecule has 6 N–H and O–H groups in total. The lowest BCUT2D eigenvalue weighted by Gasteiger charge is -2.04. The van der Waals surface area contributed by atoms with Gasteiger partial charge in [0.15, 0.2) is 0 Å². The minimum Gasteiger partial charge on any atom is -0.344 e. The summed E-state index contributed by atoms with van der Waals surface area (Å²) in [5, 5.41) is 0.594. The van der Waals surface area contributed by atoms with Gasteiger partial charge >= 0.3 is 0 Å². The summed E-state index contributed by atoms with van der Waals surface area (Å²) in [4.78, 5) is 18.5. The first-order chi connectivity index (χ1) is 6.68. The fourth-order valence-electron chi connectivity index (χ4n) is 1.32. The molecule has 0 unspecified atom stereocenters. The highest BCUT2D eigenvalue weighted by Crippen LogP contribution is 2.08. The maximum atomic E-state index is 11.6. The number of aromatic amines is 1. The molecule has 0 saturated heterocycles.